The number of hydrazone groups is 1. The highest BCUT2D eigenvalue weighted by Crippen LogP contribution is 2.30. The molecule has 9 heteroatoms. The zero-order chi connectivity index (χ0) is 27.5. The summed E-state index contributed by atoms with van der Waals surface area (Å²) in [7, 11) is 0. The molecule has 0 atom stereocenters. The average molecular weight is 526 g/mol. The third-order valence-electron chi connectivity index (χ3n) is 5.55. The Bertz CT molecular complexity index is 1420. The van der Waals surface area contributed by atoms with Crippen molar-refractivity contribution in [1.82, 2.24) is 5.43 Å². The molecule has 0 fully saturated rings. The maximum atomic E-state index is 12.1. The summed E-state index contributed by atoms with van der Waals surface area (Å²) in [6.45, 7) is 3.24. The number of nitro groups is 1. The summed E-state index contributed by atoms with van der Waals surface area (Å²) in [5.41, 5.74) is 5.35. The van der Waals surface area contributed by atoms with Crippen molar-refractivity contribution in [3.8, 4) is 17.2 Å². The quantitative estimate of drug-likeness (QED) is 0.140. The van der Waals surface area contributed by atoms with Gasteiger partial charge in [-0.15, -0.1) is 0 Å². The van der Waals surface area contributed by atoms with Crippen molar-refractivity contribution in [2.45, 2.75) is 20.1 Å². The number of ether oxygens (including phenoxy) is 3. The maximum Gasteiger partial charge on any atom is 0.271 e. The molecule has 0 aromatic heterocycles. The first-order valence-corrected chi connectivity index (χ1v) is 12.2. The lowest BCUT2D eigenvalue weighted by molar-refractivity contribution is -0.384. The van der Waals surface area contributed by atoms with Crippen LogP contribution in [0.15, 0.2) is 102 Å². The third-order valence-corrected chi connectivity index (χ3v) is 5.55. The molecule has 0 bridgehead atoms. The van der Waals surface area contributed by atoms with Crippen LogP contribution in [0.4, 0.5) is 5.69 Å². The minimum absolute atomic E-state index is 0.0861. The first kappa shape index (κ1) is 26.9. The van der Waals surface area contributed by atoms with Crippen molar-refractivity contribution in [3.05, 3.63) is 129 Å². The van der Waals surface area contributed by atoms with Crippen LogP contribution in [0, 0.1) is 10.1 Å². The van der Waals surface area contributed by atoms with Crippen LogP contribution >= 0.6 is 0 Å². The first-order chi connectivity index (χ1) is 19.0. The lowest BCUT2D eigenvalue weighted by Gasteiger charge is -2.14. The summed E-state index contributed by atoms with van der Waals surface area (Å²) >= 11 is 0. The van der Waals surface area contributed by atoms with E-state index in [4.69, 9.17) is 14.2 Å². The number of rotatable bonds is 12. The van der Waals surface area contributed by atoms with Gasteiger partial charge in [0.15, 0.2) is 11.5 Å². The van der Waals surface area contributed by atoms with Crippen molar-refractivity contribution in [3.63, 3.8) is 0 Å². The number of carbonyl (C=O) groups excluding carboxylic acids is 1. The van der Waals surface area contributed by atoms with E-state index in [1.807, 2.05) is 67.6 Å². The fourth-order valence-corrected chi connectivity index (χ4v) is 3.55. The monoisotopic (exact) mass is 525 g/mol. The number of benzene rings is 4. The number of nitrogens with zero attached hydrogens (tertiary/aromatic N) is 2. The predicted molar refractivity (Wildman–Crippen MR) is 147 cm³/mol. The van der Waals surface area contributed by atoms with Gasteiger partial charge >= 0.3 is 0 Å². The zero-order valence-corrected chi connectivity index (χ0v) is 21.3. The van der Waals surface area contributed by atoms with Crippen LogP contribution in [-0.4, -0.2) is 23.7 Å². The number of hydrogen-bond donors (Lipinski definition) is 1. The topological polar surface area (TPSA) is 112 Å². The number of carbonyl (C=O) groups is 1. The number of nitrogens with one attached hydrogen (secondary N) is 1. The summed E-state index contributed by atoms with van der Waals surface area (Å²) in [6.07, 6.45) is 1.50. The smallest absolute Gasteiger partial charge is 0.271 e. The van der Waals surface area contributed by atoms with Crippen molar-refractivity contribution >= 4 is 17.8 Å². The number of non-ortho nitro benzene ring substituents is 1. The van der Waals surface area contributed by atoms with Crippen LogP contribution in [0.25, 0.3) is 0 Å². The van der Waals surface area contributed by atoms with Gasteiger partial charge in [-0.25, -0.2) is 5.43 Å². The number of amides is 1. The van der Waals surface area contributed by atoms with Crippen molar-refractivity contribution in [2.75, 3.05) is 6.61 Å². The summed E-state index contributed by atoms with van der Waals surface area (Å²) in [4.78, 5) is 22.3. The van der Waals surface area contributed by atoms with Crippen LogP contribution in [0.2, 0.25) is 0 Å². The molecule has 4 rings (SSSR count). The van der Waals surface area contributed by atoms with E-state index in [0.717, 1.165) is 16.7 Å². The summed E-state index contributed by atoms with van der Waals surface area (Å²) in [5, 5.41) is 14.7. The zero-order valence-electron chi connectivity index (χ0n) is 21.3. The van der Waals surface area contributed by atoms with Crippen LogP contribution in [-0.2, 0) is 13.2 Å². The molecule has 4 aromatic carbocycles. The Morgan fingerprint density at radius 1 is 0.846 bits per heavy atom. The highest BCUT2D eigenvalue weighted by Gasteiger charge is 2.09. The minimum atomic E-state index is -0.524. The SMILES string of the molecule is CCOc1cc(COc2ccc(/C=N/NC(=O)c3ccc([N+](=O)[O-])cc3)cc2)ccc1OCc1ccccc1. The van der Waals surface area contributed by atoms with Gasteiger partial charge in [-0.2, -0.15) is 5.10 Å². The first-order valence-electron chi connectivity index (χ1n) is 12.2. The van der Waals surface area contributed by atoms with E-state index in [1.165, 1.54) is 30.5 Å². The van der Waals surface area contributed by atoms with Crippen LogP contribution in [0.5, 0.6) is 17.2 Å². The van der Waals surface area contributed by atoms with Gasteiger partial charge in [-0.1, -0.05) is 36.4 Å². The maximum absolute atomic E-state index is 12.1. The molecular weight excluding hydrogens is 498 g/mol. The molecule has 0 saturated heterocycles. The molecule has 0 heterocycles. The number of hydrogen-bond acceptors (Lipinski definition) is 7. The standard InChI is InChI=1S/C30H27N3O6/c1-2-37-29-18-24(10-17-28(29)39-20-23-6-4-3-5-7-23)21-38-27-15-8-22(9-16-27)19-31-32-30(34)25-11-13-26(14-12-25)33(35)36/h3-19H,2,20-21H2,1H3,(H,32,34)/b31-19+. The van der Waals surface area contributed by atoms with Gasteiger partial charge in [-0.3, -0.25) is 14.9 Å². The summed E-state index contributed by atoms with van der Waals surface area (Å²) in [6, 6.07) is 28.2. The lowest BCUT2D eigenvalue weighted by atomic mass is 10.2. The predicted octanol–water partition coefficient (Wildman–Crippen LogP) is 5.92. The van der Waals surface area contributed by atoms with E-state index < -0.39 is 10.8 Å². The third kappa shape index (κ3) is 7.90. The molecule has 39 heavy (non-hydrogen) atoms. The molecule has 4 aromatic rings. The van der Waals surface area contributed by atoms with E-state index in [-0.39, 0.29) is 11.3 Å². The van der Waals surface area contributed by atoms with Gasteiger partial charge in [0.2, 0.25) is 0 Å². The Morgan fingerprint density at radius 2 is 1.56 bits per heavy atom. The Balaban J connectivity index is 1.29. The van der Waals surface area contributed by atoms with Crippen LogP contribution in [0.1, 0.15) is 34.0 Å². The second-order valence-corrected chi connectivity index (χ2v) is 8.35. The second-order valence-electron chi connectivity index (χ2n) is 8.35. The molecule has 198 valence electrons. The molecular formula is C30H27N3O6. The molecule has 0 aliphatic heterocycles. The van der Waals surface area contributed by atoms with Gasteiger partial charge in [0, 0.05) is 17.7 Å². The fraction of sp³-hybridized carbons (Fsp3) is 0.133. The van der Waals surface area contributed by atoms with Gasteiger partial charge in [0.05, 0.1) is 17.7 Å². The number of nitro benzene ring substituents is 1. The van der Waals surface area contributed by atoms with E-state index >= 15 is 0 Å². The average Bonchev–Trinajstić information content (AvgIpc) is 2.97. The van der Waals surface area contributed by atoms with E-state index in [1.54, 1.807) is 12.1 Å². The molecule has 9 nitrogen and oxygen atoms in total. The van der Waals surface area contributed by atoms with E-state index in [2.05, 4.69) is 10.5 Å². The van der Waals surface area contributed by atoms with Crippen LogP contribution < -0.4 is 19.6 Å². The minimum Gasteiger partial charge on any atom is -0.490 e. The van der Waals surface area contributed by atoms with Gasteiger partial charge in [-0.05, 0) is 72.1 Å². The van der Waals surface area contributed by atoms with Crippen LogP contribution in [0.3, 0.4) is 0 Å². The van der Waals surface area contributed by atoms with Crippen molar-refractivity contribution < 1.29 is 23.9 Å². The van der Waals surface area contributed by atoms with Gasteiger partial charge < -0.3 is 14.2 Å². The van der Waals surface area contributed by atoms with E-state index in [0.29, 0.717) is 37.1 Å². The highest BCUT2D eigenvalue weighted by atomic mass is 16.6. The van der Waals surface area contributed by atoms with Gasteiger partial charge in [0.1, 0.15) is 19.0 Å². The molecule has 0 saturated carbocycles. The summed E-state index contributed by atoms with van der Waals surface area (Å²) < 4.78 is 17.7. The molecule has 0 aliphatic rings. The molecule has 1 N–H and O–H groups in total. The summed E-state index contributed by atoms with van der Waals surface area (Å²) in [5.74, 6) is 1.54. The Kier molecular flexibility index (Phi) is 9.22. The Hall–Kier alpha value is -5.18. The molecule has 0 unspecified atom stereocenters. The normalized spacial score (nSPS) is 10.7. The molecule has 0 radical (unpaired) electrons. The fourth-order valence-electron chi connectivity index (χ4n) is 3.55. The van der Waals surface area contributed by atoms with Crippen molar-refractivity contribution in [2.24, 2.45) is 5.10 Å². The van der Waals surface area contributed by atoms with Gasteiger partial charge in [0.25, 0.3) is 11.6 Å². The highest BCUT2D eigenvalue weighted by molar-refractivity contribution is 5.95. The molecule has 0 aliphatic carbocycles. The lowest BCUT2D eigenvalue weighted by Crippen LogP contribution is -2.17. The largest absolute Gasteiger partial charge is 0.490 e. The molecule has 1 amide bonds. The van der Waals surface area contributed by atoms with E-state index in [9.17, 15) is 14.9 Å². The Morgan fingerprint density at radius 3 is 2.26 bits per heavy atom. The molecule has 0 spiro atoms. The second kappa shape index (κ2) is 13.4. The van der Waals surface area contributed by atoms with Crippen molar-refractivity contribution in [1.29, 1.82) is 0 Å². The Labute approximate surface area is 225 Å².